The molecule has 0 bridgehead atoms. The van der Waals surface area contributed by atoms with Crippen molar-refractivity contribution in [1.29, 1.82) is 0 Å². The van der Waals surface area contributed by atoms with E-state index in [0.29, 0.717) is 32.6 Å². The standard InChI is InChI=1S/C18H14Cl2IN3O2/c1-9-15(17(25)23-12-5-3-11(21)4-6-12)16(24-18(26)22-9)13-7-2-10(19)8-14(13)20/h2-8,16H,1H3,(H,23,25)(H2,22,24,26)/t16-/m0/s1. The normalized spacial score (nSPS) is 16.8. The quantitative estimate of drug-likeness (QED) is 0.525. The topological polar surface area (TPSA) is 70.2 Å². The summed E-state index contributed by atoms with van der Waals surface area (Å²) in [6, 6.07) is 11.3. The Labute approximate surface area is 174 Å². The number of hydrogen-bond acceptors (Lipinski definition) is 2. The Bertz CT molecular complexity index is 913. The minimum absolute atomic E-state index is 0.327. The summed E-state index contributed by atoms with van der Waals surface area (Å²) in [6.45, 7) is 1.68. The summed E-state index contributed by atoms with van der Waals surface area (Å²) in [6.07, 6.45) is 0. The number of rotatable bonds is 3. The third-order valence-corrected chi connectivity index (χ3v) is 5.17. The molecular weight excluding hydrogens is 488 g/mol. The number of halogens is 3. The minimum Gasteiger partial charge on any atom is -0.327 e. The molecule has 0 radical (unpaired) electrons. The van der Waals surface area contributed by atoms with E-state index in [1.165, 1.54) is 0 Å². The highest BCUT2D eigenvalue weighted by atomic mass is 127. The van der Waals surface area contributed by atoms with E-state index in [-0.39, 0.29) is 5.91 Å². The molecule has 5 nitrogen and oxygen atoms in total. The van der Waals surface area contributed by atoms with Crippen LogP contribution in [0.25, 0.3) is 0 Å². The zero-order valence-corrected chi connectivity index (χ0v) is 17.2. The molecular formula is C18H14Cl2IN3O2. The van der Waals surface area contributed by atoms with Crippen LogP contribution in [0.2, 0.25) is 10.0 Å². The average molecular weight is 502 g/mol. The first-order chi connectivity index (χ1) is 12.3. The zero-order chi connectivity index (χ0) is 18.8. The van der Waals surface area contributed by atoms with Crippen LogP contribution in [-0.2, 0) is 4.79 Å². The SMILES string of the molecule is CC1=C(C(=O)Nc2ccc(I)cc2)[C@H](c2ccc(Cl)cc2Cl)NC(=O)N1. The predicted octanol–water partition coefficient (Wildman–Crippen LogP) is 4.86. The number of urea groups is 1. The molecule has 3 N–H and O–H groups in total. The van der Waals surface area contributed by atoms with Crippen LogP contribution in [0.1, 0.15) is 18.5 Å². The molecule has 1 heterocycles. The first-order valence-corrected chi connectivity index (χ1v) is 9.49. The molecule has 2 aromatic rings. The number of nitrogens with one attached hydrogen (secondary N) is 3. The largest absolute Gasteiger partial charge is 0.327 e. The van der Waals surface area contributed by atoms with Crippen LogP contribution >= 0.6 is 45.8 Å². The first kappa shape index (κ1) is 19.0. The van der Waals surface area contributed by atoms with E-state index < -0.39 is 12.1 Å². The zero-order valence-electron chi connectivity index (χ0n) is 13.6. The van der Waals surface area contributed by atoms with E-state index in [2.05, 4.69) is 38.5 Å². The van der Waals surface area contributed by atoms with E-state index in [1.54, 1.807) is 25.1 Å². The number of hydrogen-bond donors (Lipinski definition) is 3. The average Bonchev–Trinajstić information content (AvgIpc) is 2.56. The lowest BCUT2D eigenvalue weighted by atomic mass is 9.94. The highest BCUT2D eigenvalue weighted by Gasteiger charge is 2.32. The maximum absolute atomic E-state index is 12.9. The maximum atomic E-state index is 12.9. The van der Waals surface area contributed by atoms with Crippen LogP contribution in [0.3, 0.4) is 0 Å². The van der Waals surface area contributed by atoms with Crippen molar-refractivity contribution in [3.63, 3.8) is 0 Å². The highest BCUT2D eigenvalue weighted by Crippen LogP contribution is 2.33. The van der Waals surface area contributed by atoms with Gasteiger partial charge < -0.3 is 16.0 Å². The van der Waals surface area contributed by atoms with Gasteiger partial charge in [0.15, 0.2) is 0 Å². The molecule has 0 saturated carbocycles. The van der Waals surface area contributed by atoms with Crippen LogP contribution in [-0.4, -0.2) is 11.9 Å². The molecule has 1 atom stereocenters. The molecule has 2 aromatic carbocycles. The monoisotopic (exact) mass is 501 g/mol. The van der Waals surface area contributed by atoms with Crippen molar-refractivity contribution in [2.24, 2.45) is 0 Å². The van der Waals surface area contributed by atoms with Crippen molar-refractivity contribution >= 4 is 63.4 Å². The summed E-state index contributed by atoms with van der Waals surface area (Å²) in [4.78, 5) is 24.8. The van der Waals surface area contributed by atoms with Gasteiger partial charge in [-0.3, -0.25) is 4.79 Å². The van der Waals surface area contributed by atoms with Gasteiger partial charge >= 0.3 is 6.03 Å². The second-order valence-electron chi connectivity index (χ2n) is 5.70. The Morgan fingerprint density at radius 2 is 1.85 bits per heavy atom. The lowest BCUT2D eigenvalue weighted by Gasteiger charge is -2.29. The molecule has 1 aliphatic rings. The van der Waals surface area contributed by atoms with Crippen LogP contribution in [0.15, 0.2) is 53.7 Å². The van der Waals surface area contributed by atoms with Gasteiger partial charge in [-0.05, 0) is 71.5 Å². The molecule has 3 rings (SSSR count). The number of anilines is 1. The van der Waals surface area contributed by atoms with E-state index in [4.69, 9.17) is 23.2 Å². The van der Waals surface area contributed by atoms with Crippen molar-refractivity contribution in [3.8, 4) is 0 Å². The van der Waals surface area contributed by atoms with E-state index in [1.807, 2.05) is 24.3 Å². The Balaban J connectivity index is 1.97. The summed E-state index contributed by atoms with van der Waals surface area (Å²) >= 11 is 14.4. The summed E-state index contributed by atoms with van der Waals surface area (Å²) in [5.41, 5.74) is 2.10. The third kappa shape index (κ3) is 4.13. The molecule has 1 aliphatic heterocycles. The van der Waals surface area contributed by atoms with E-state index in [9.17, 15) is 9.59 Å². The van der Waals surface area contributed by atoms with Crippen molar-refractivity contribution in [3.05, 3.63) is 72.9 Å². The van der Waals surface area contributed by atoms with Gasteiger partial charge in [0.2, 0.25) is 0 Å². The summed E-state index contributed by atoms with van der Waals surface area (Å²) < 4.78 is 1.06. The Morgan fingerprint density at radius 3 is 2.50 bits per heavy atom. The van der Waals surface area contributed by atoms with Gasteiger partial charge in [0.1, 0.15) is 0 Å². The second-order valence-corrected chi connectivity index (χ2v) is 7.79. The summed E-state index contributed by atoms with van der Waals surface area (Å²) in [5.74, 6) is -0.327. The minimum atomic E-state index is -0.683. The lowest BCUT2D eigenvalue weighted by molar-refractivity contribution is -0.113. The van der Waals surface area contributed by atoms with Crippen molar-refractivity contribution in [2.45, 2.75) is 13.0 Å². The van der Waals surface area contributed by atoms with Crippen LogP contribution in [0.5, 0.6) is 0 Å². The predicted molar refractivity (Wildman–Crippen MR) is 111 cm³/mol. The number of amides is 3. The molecule has 26 heavy (non-hydrogen) atoms. The Kier molecular flexibility index (Phi) is 5.74. The number of carbonyl (C=O) groups is 2. The van der Waals surface area contributed by atoms with Crippen LogP contribution in [0.4, 0.5) is 10.5 Å². The van der Waals surface area contributed by atoms with Gasteiger partial charge in [0.25, 0.3) is 5.91 Å². The van der Waals surface area contributed by atoms with Gasteiger partial charge in [0.05, 0.1) is 11.6 Å². The number of benzene rings is 2. The molecule has 0 fully saturated rings. The molecule has 3 amide bonds. The molecule has 0 aromatic heterocycles. The van der Waals surface area contributed by atoms with Crippen LogP contribution < -0.4 is 16.0 Å². The van der Waals surface area contributed by atoms with Gasteiger partial charge in [0, 0.05) is 25.0 Å². The van der Waals surface area contributed by atoms with Crippen molar-refractivity contribution in [2.75, 3.05) is 5.32 Å². The third-order valence-electron chi connectivity index (χ3n) is 3.89. The Hall–Kier alpha value is -1.77. The molecule has 134 valence electrons. The van der Waals surface area contributed by atoms with Gasteiger partial charge in [-0.15, -0.1) is 0 Å². The first-order valence-electron chi connectivity index (χ1n) is 7.65. The van der Waals surface area contributed by atoms with Gasteiger partial charge in [-0.1, -0.05) is 29.3 Å². The highest BCUT2D eigenvalue weighted by molar-refractivity contribution is 14.1. The summed E-state index contributed by atoms with van der Waals surface area (Å²) in [7, 11) is 0. The lowest BCUT2D eigenvalue weighted by Crippen LogP contribution is -2.46. The summed E-state index contributed by atoms with van der Waals surface area (Å²) in [5, 5.41) is 9.09. The van der Waals surface area contributed by atoms with Gasteiger partial charge in [-0.25, -0.2) is 4.79 Å². The second kappa shape index (κ2) is 7.85. The fourth-order valence-electron chi connectivity index (χ4n) is 2.70. The fourth-order valence-corrected chi connectivity index (χ4v) is 3.57. The maximum Gasteiger partial charge on any atom is 0.319 e. The van der Waals surface area contributed by atoms with Gasteiger partial charge in [-0.2, -0.15) is 0 Å². The molecule has 0 aliphatic carbocycles. The van der Waals surface area contributed by atoms with E-state index in [0.717, 1.165) is 3.57 Å². The molecule has 0 unspecified atom stereocenters. The number of allylic oxidation sites excluding steroid dienone is 1. The molecule has 0 spiro atoms. The van der Waals surface area contributed by atoms with Crippen LogP contribution in [0, 0.1) is 3.57 Å². The molecule has 8 heteroatoms. The smallest absolute Gasteiger partial charge is 0.319 e. The fraction of sp³-hybridized carbons (Fsp3) is 0.111. The number of carbonyl (C=O) groups excluding carboxylic acids is 2. The van der Waals surface area contributed by atoms with E-state index >= 15 is 0 Å². The molecule has 0 saturated heterocycles. The van der Waals surface area contributed by atoms with Crippen molar-refractivity contribution in [1.82, 2.24) is 10.6 Å². The van der Waals surface area contributed by atoms with Crippen molar-refractivity contribution < 1.29 is 9.59 Å². The Morgan fingerprint density at radius 1 is 1.15 bits per heavy atom.